The maximum atomic E-state index is 12.6. The number of benzene rings is 2. The van der Waals surface area contributed by atoms with E-state index in [1.165, 1.54) is 22.4 Å². The van der Waals surface area contributed by atoms with Gasteiger partial charge in [0.15, 0.2) is 11.2 Å². The summed E-state index contributed by atoms with van der Waals surface area (Å²) >= 11 is 3.36. The minimum absolute atomic E-state index is 0.0203. The van der Waals surface area contributed by atoms with Gasteiger partial charge in [0.05, 0.1) is 6.54 Å². The molecule has 0 amide bonds. The first-order valence-electron chi connectivity index (χ1n) is 10.7. The molecule has 0 radical (unpaired) electrons. The van der Waals surface area contributed by atoms with Crippen LogP contribution in [0.4, 0.5) is 5.95 Å². The van der Waals surface area contributed by atoms with Crippen LogP contribution < -0.4 is 21.4 Å². The molecule has 35 heavy (non-hydrogen) atoms. The highest BCUT2D eigenvalue weighted by Gasteiger charge is 2.19. The minimum Gasteiger partial charge on any atom is -0.491 e. The topological polar surface area (TPSA) is 127 Å². The molecule has 3 N–H and O–H groups in total. The molecule has 0 saturated carbocycles. The van der Waals surface area contributed by atoms with Gasteiger partial charge >= 0.3 is 5.69 Å². The first-order valence-corrected chi connectivity index (χ1v) is 11.5. The van der Waals surface area contributed by atoms with Crippen molar-refractivity contribution >= 4 is 45.3 Å². The largest absolute Gasteiger partial charge is 0.491 e. The Bertz CT molecular complexity index is 1470. The van der Waals surface area contributed by atoms with Gasteiger partial charge in [0.1, 0.15) is 18.5 Å². The molecule has 2 aromatic heterocycles. The number of rotatable bonds is 9. The van der Waals surface area contributed by atoms with Gasteiger partial charge < -0.3 is 14.4 Å². The van der Waals surface area contributed by atoms with Crippen molar-refractivity contribution in [1.82, 2.24) is 19.1 Å². The second kappa shape index (κ2) is 11.0. The summed E-state index contributed by atoms with van der Waals surface area (Å²) < 4.78 is 9.26. The third-order valence-corrected chi connectivity index (χ3v) is 5.60. The van der Waals surface area contributed by atoms with Crippen molar-refractivity contribution in [1.29, 1.82) is 0 Å². The van der Waals surface area contributed by atoms with Gasteiger partial charge in [-0.25, -0.2) is 10.2 Å². The Morgan fingerprint density at radius 2 is 1.94 bits per heavy atom. The second-order valence-corrected chi connectivity index (χ2v) is 8.53. The Kier molecular flexibility index (Phi) is 7.58. The van der Waals surface area contributed by atoms with Crippen LogP contribution >= 0.6 is 15.9 Å². The first-order chi connectivity index (χ1) is 16.9. The zero-order valence-electron chi connectivity index (χ0n) is 18.8. The molecule has 0 aliphatic heterocycles. The van der Waals surface area contributed by atoms with Gasteiger partial charge in [0.2, 0.25) is 5.95 Å². The molecule has 1 atom stereocenters. The number of hydrogen-bond donors (Lipinski definition) is 3. The van der Waals surface area contributed by atoms with Crippen LogP contribution in [0.1, 0.15) is 5.56 Å². The molecule has 0 bridgehead atoms. The van der Waals surface area contributed by atoms with Crippen LogP contribution in [0.25, 0.3) is 17.2 Å². The van der Waals surface area contributed by atoms with Gasteiger partial charge in [-0.1, -0.05) is 52.3 Å². The first kappa shape index (κ1) is 24.2. The molecule has 0 saturated heterocycles. The summed E-state index contributed by atoms with van der Waals surface area (Å²) in [7, 11) is 1.50. The monoisotopic (exact) mass is 538 g/mol. The Morgan fingerprint density at radius 3 is 2.69 bits per heavy atom. The van der Waals surface area contributed by atoms with E-state index in [4.69, 9.17) is 4.74 Å². The number of aliphatic hydroxyl groups is 1. The molecule has 180 valence electrons. The van der Waals surface area contributed by atoms with Crippen molar-refractivity contribution in [3.8, 4) is 5.75 Å². The zero-order chi connectivity index (χ0) is 24.8. The average Bonchev–Trinajstić information content (AvgIpc) is 3.21. The molecule has 10 nitrogen and oxygen atoms in total. The lowest BCUT2D eigenvalue weighted by Crippen LogP contribution is -2.30. The summed E-state index contributed by atoms with van der Waals surface area (Å²) in [5.41, 5.74) is 2.90. The van der Waals surface area contributed by atoms with E-state index in [2.05, 4.69) is 36.4 Å². The number of aromatic amines is 1. The van der Waals surface area contributed by atoms with E-state index in [1.54, 1.807) is 18.2 Å². The van der Waals surface area contributed by atoms with Crippen molar-refractivity contribution < 1.29 is 9.84 Å². The highest BCUT2D eigenvalue weighted by atomic mass is 79.9. The Hall–Kier alpha value is -3.96. The standard InChI is InChI=1S/C24H23BrN6O4/c1-30-21-20(22(33)28-24(30)34)31(14-18(32)15-35-19-11-9-17(25)10-12-19)23(27-21)29-26-13-5-8-16-6-3-2-4-7-16/h2-13,18,32H,14-15H2,1H3,(H,27,29)(H,28,33,34). The van der Waals surface area contributed by atoms with Crippen LogP contribution in [-0.4, -0.2) is 43.1 Å². The number of aliphatic hydroxyl groups excluding tert-OH is 1. The summed E-state index contributed by atoms with van der Waals surface area (Å²) in [5, 5.41) is 14.8. The Morgan fingerprint density at radius 1 is 1.20 bits per heavy atom. The van der Waals surface area contributed by atoms with Crippen LogP contribution in [0.3, 0.4) is 0 Å². The smallest absolute Gasteiger partial charge is 0.329 e. The molecule has 0 fully saturated rings. The van der Waals surface area contributed by atoms with Crippen LogP contribution in [0.5, 0.6) is 5.75 Å². The number of nitrogens with one attached hydrogen (secondary N) is 2. The number of nitrogens with zero attached hydrogens (tertiary/aromatic N) is 4. The number of halogens is 1. The van der Waals surface area contributed by atoms with Gasteiger partial charge in [-0.05, 0) is 35.9 Å². The van der Waals surface area contributed by atoms with E-state index < -0.39 is 17.4 Å². The lowest BCUT2D eigenvalue weighted by molar-refractivity contribution is 0.0938. The highest BCUT2D eigenvalue weighted by molar-refractivity contribution is 9.10. The molecule has 0 spiro atoms. The van der Waals surface area contributed by atoms with E-state index in [0.717, 1.165) is 10.0 Å². The molecule has 0 aliphatic carbocycles. The number of hydrogen-bond acceptors (Lipinski definition) is 7. The fourth-order valence-corrected chi connectivity index (χ4v) is 3.61. The molecule has 2 aromatic carbocycles. The lowest BCUT2D eigenvalue weighted by atomic mass is 10.2. The molecule has 4 aromatic rings. The molecule has 11 heteroatoms. The van der Waals surface area contributed by atoms with Crippen molar-refractivity contribution in [2.75, 3.05) is 12.0 Å². The van der Waals surface area contributed by atoms with Gasteiger partial charge in [-0.15, -0.1) is 0 Å². The van der Waals surface area contributed by atoms with Crippen molar-refractivity contribution in [3.05, 3.63) is 91.5 Å². The number of aromatic nitrogens is 4. The number of imidazole rings is 1. The Labute approximate surface area is 208 Å². The van der Waals surface area contributed by atoms with Gasteiger partial charge in [-0.2, -0.15) is 10.1 Å². The van der Waals surface area contributed by atoms with Crippen LogP contribution in [0.15, 0.2) is 79.8 Å². The predicted molar refractivity (Wildman–Crippen MR) is 139 cm³/mol. The van der Waals surface area contributed by atoms with E-state index in [0.29, 0.717) is 5.75 Å². The summed E-state index contributed by atoms with van der Waals surface area (Å²) in [6.07, 6.45) is 4.19. The van der Waals surface area contributed by atoms with E-state index in [9.17, 15) is 14.7 Å². The summed E-state index contributed by atoms with van der Waals surface area (Å²) in [5.74, 6) is 0.787. The fraction of sp³-hybridized carbons (Fsp3) is 0.167. The number of aryl methyl sites for hydroxylation is 1. The number of allylic oxidation sites excluding steroid dienone is 1. The third kappa shape index (κ3) is 5.94. The van der Waals surface area contributed by atoms with Crippen molar-refractivity contribution in [3.63, 3.8) is 0 Å². The van der Waals surface area contributed by atoms with Crippen molar-refractivity contribution in [2.24, 2.45) is 12.1 Å². The zero-order valence-corrected chi connectivity index (χ0v) is 20.3. The van der Waals surface area contributed by atoms with Crippen LogP contribution in [0, 0.1) is 0 Å². The van der Waals surface area contributed by atoms with Crippen LogP contribution in [0.2, 0.25) is 0 Å². The number of H-pyrrole nitrogens is 1. The highest BCUT2D eigenvalue weighted by Crippen LogP contribution is 2.18. The number of ether oxygens (including phenoxy) is 1. The van der Waals surface area contributed by atoms with E-state index >= 15 is 0 Å². The Balaban J connectivity index is 1.55. The number of fused-ring (bicyclic) bond motifs is 1. The normalized spacial score (nSPS) is 12.5. The molecule has 2 heterocycles. The van der Waals surface area contributed by atoms with E-state index in [-0.39, 0.29) is 30.3 Å². The maximum Gasteiger partial charge on any atom is 0.329 e. The fourth-order valence-electron chi connectivity index (χ4n) is 3.34. The van der Waals surface area contributed by atoms with Gasteiger partial charge in [0.25, 0.3) is 5.56 Å². The summed E-state index contributed by atoms with van der Waals surface area (Å²) in [6.45, 7) is -0.0421. The van der Waals surface area contributed by atoms with Crippen molar-refractivity contribution in [2.45, 2.75) is 12.6 Å². The molecular formula is C24H23BrN6O4. The molecule has 4 rings (SSSR count). The number of anilines is 1. The van der Waals surface area contributed by atoms with Gasteiger partial charge in [-0.3, -0.25) is 14.3 Å². The lowest BCUT2D eigenvalue weighted by Gasteiger charge is -2.15. The van der Waals surface area contributed by atoms with Gasteiger partial charge in [0, 0.05) is 17.7 Å². The average molecular weight is 539 g/mol. The molecule has 1 unspecified atom stereocenters. The number of hydrazone groups is 1. The second-order valence-electron chi connectivity index (χ2n) is 7.62. The molecular weight excluding hydrogens is 516 g/mol. The summed E-state index contributed by atoms with van der Waals surface area (Å²) in [4.78, 5) is 31.3. The van der Waals surface area contributed by atoms with Crippen LogP contribution in [-0.2, 0) is 13.6 Å². The third-order valence-electron chi connectivity index (χ3n) is 5.07. The van der Waals surface area contributed by atoms with E-state index in [1.807, 2.05) is 48.5 Å². The quantitative estimate of drug-likeness (QED) is 0.222. The SMILES string of the molecule is Cn1c(=O)[nH]c(=O)c2c1nc(NN=CC=Cc1ccccc1)n2CC(O)COc1ccc(Br)cc1. The minimum atomic E-state index is -0.977. The molecule has 0 aliphatic rings. The summed E-state index contributed by atoms with van der Waals surface area (Å²) in [6, 6.07) is 16.9. The predicted octanol–water partition coefficient (Wildman–Crippen LogP) is 2.74. The maximum absolute atomic E-state index is 12.6.